The number of aryl methyl sites for hydroxylation is 1. The quantitative estimate of drug-likeness (QED) is 0.415. The van der Waals surface area contributed by atoms with Crippen LogP contribution in [0.15, 0.2) is 62.2 Å². The van der Waals surface area contributed by atoms with E-state index in [1.165, 1.54) is 15.9 Å². The molecule has 0 saturated heterocycles. The second-order valence-corrected chi connectivity index (χ2v) is 7.98. The van der Waals surface area contributed by atoms with Gasteiger partial charge in [-0.2, -0.15) is 9.50 Å². The van der Waals surface area contributed by atoms with Gasteiger partial charge in [-0.05, 0) is 30.7 Å². The van der Waals surface area contributed by atoms with Crippen molar-refractivity contribution in [2.24, 2.45) is 0 Å². The molecular weight excluding hydrogens is 426 g/mol. The number of fused-ring (bicyclic) bond motifs is 2. The zero-order valence-corrected chi connectivity index (χ0v) is 16.5. The van der Waals surface area contributed by atoms with Crippen molar-refractivity contribution in [1.29, 1.82) is 0 Å². The van der Waals surface area contributed by atoms with Gasteiger partial charge in [0.2, 0.25) is 10.8 Å². The van der Waals surface area contributed by atoms with Crippen LogP contribution in [0.3, 0.4) is 0 Å². The van der Waals surface area contributed by atoms with Gasteiger partial charge in [-0.25, -0.2) is 0 Å². The van der Waals surface area contributed by atoms with Gasteiger partial charge in [0.15, 0.2) is 5.76 Å². The third kappa shape index (κ3) is 2.62. The zero-order chi connectivity index (χ0) is 18.5. The lowest BCUT2D eigenvalue weighted by molar-refractivity contribution is 0.622. The first-order valence-corrected chi connectivity index (χ1v) is 9.87. The van der Waals surface area contributed by atoms with Crippen LogP contribution < -0.4 is 10.1 Å². The van der Waals surface area contributed by atoms with E-state index in [1.807, 2.05) is 61.5 Å². The summed E-state index contributed by atoms with van der Waals surface area (Å²) in [5.74, 6) is 1.03. The molecule has 5 nitrogen and oxygen atoms in total. The Morgan fingerprint density at radius 1 is 1.15 bits per heavy atom. The molecule has 5 aromatic rings. The maximum atomic E-state index is 12.7. The molecular formula is C20H12BrN3O2S. The number of hydrogen-bond acceptors (Lipinski definition) is 5. The number of rotatable bonds is 2. The van der Waals surface area contributed by atoms with Crippen LogP contribution in [0.4, 0.5) is 0 Å². The molecule has 3 heterocycles. The normalized spacial score (nSPS) is 12.4. The van der Waals surface area contributed by atoms with Gasteiger partial charge >= 0.3 is 0 Å². The van der Waals surface area contributed by atoms with Crippen molar-refractivity contribution in [1.82, 2.24) is 14.6 Å². The van der Waals surface area contributed by atoms with Crippen LogP contribution in [-0.4, -0.2) is 14.6 Å². The van der Waals surface area contributed by atoms with E-state index in [2.05, 4.69) is 26.0 Å². The molecule has 7 heteroatoms. The standard InChI is InChI=1S/C20H12BrN3O2S/c1-11-13-7-3-5-9-15(13)26-17(11)18-22-20-24(23-18)19(25)16(27-20)10-12-6-2-4-8-14(12)21/h2-10H,1H3/b16-10-. The zero-order valence-electron chi connectivity index (χ0n) is 14.1. The number of para-hydroxylation sites is 1. The first-order valence-electron chi connectivity index (χ1n) is 8.26. The van der Waals surface area contributed by atoms with E-state index in [1.54, 1.807) is 0 Å². The van der Waals surface area contributed by atoms with Crippen LogP contribution in [0, 0.1) is 6.92 Å². The summed E-state index contributed by atoms with van der Waals surface area (Å²) in [5.41, 5.74) is 2.51. The molecule has 0 fully saturated rings. The summed E-state index contributed by atoms with van der Waals surface area (Å²) < 4.78 is 8.78. The minimum absolute atomic E-state index is 0.182. The van der Waals surface area contributed by atoms with E-state index in [9.17, 15) is 4.79 Å². The molecule has 5 rings (SSSR count). The predicted octanol–water partition coefficient (Wildman–Crippen LogP) is 4.18. The molecule has 0 saturated carbocycles. The fraction of sp³-hybridized carbons (Fsp3) is 0.0500. The van der Waals surface area contributed by atoms with Gasteiger partial charge in [0.05, 0.1) is 4.53 Å². The van der Waals surface area contributed by atoms with Crippen molar-refractivity contribution in [3.05, 3.63) is 79.0 Å². The molecule has 0 spiro atoms. The van der Waals surface area contributed by atoms with Crippen LogP contribution in [0.5, 0.6) is 0 Å². The van der Waals surface area contributed by atoms with Gasteiger partial charge < -0.3 is 4.42 Å². The maximum Gasteiger partial charge on any atom is 0.291 e. The number of halogens is 1. The Hall–Kier alpha value is -2.77. The fourth-order valence-corrected chi connectivity index (χ4v) is 4.35. The van der Waals surface area contributed by atoms with Crippen molar-refractivity contribution >= 4 is 49.3 Å². The fourth-order valence-electron chi connectivity index (χ4n) is 3.05. The number of hydrogen-bond donors (Lipinski definition) is 0. The Balaban J connectivity index is 1.67. The highest BCUT2D eigenvalue weighted by molar-refractivity contribution is 9.10. The SMILES string of the molecule is Cc1c(-c2nc3s/c(=C\c4ccccc4Br)c(=O)n3n2)oc2ccccc12. The van der Waals surface area contributed by atoms with Crippen molar-refractivity contribution in [2.75, 3.05) is 0 Å². The van der Waals surface area contributed by atoms with E-state index >= 15 is 0 Å². The van der Waals surface area contributed by atoms with E-state index in [4.69, 9.17) is 4.42 Å². The number of nitrogens with zero attached hydrogens (tertiary/aromatic N) is 3. The summed E-state index contributed by atoms with van der Waals surface area (Å²) in [5, 5.41) is 5.43. The lowest BCUT2D eigenvalue weighted by Gasteiger charge is -1.94. The van der Waals surface area contributed by atoms with Crippen molar-refractivity contribution < 1.29 is 4.42 Å². The highest BCUT2D eigenvalue weighted by atomic mass is 79.9. The van der Waals surface area contributed by atoms with Crippen LogP contribution in [0.1, 0.15) is 11.1 Å². The first-order chi connectivity index (χ1) is 13.1. The van der Waals surface area contributed by atoms with Gasteiger partial charge in [0.25, 0.3) is 5.56 Å². The van der Waals surface area contributed by atoms with E-state index in [0.717, 1.165) is 26.6 Å². The monoisotopic (exact) mass is 437 g/mol. The average molecular weight is 438 g/mol. The number of thiazole rings is 1. The molecule has 2 aromatic carbocycles. The molecule has 0 aliphatic rings. The molecule has 0 radical (unpaired) electrons. The molecule has 27 heavy (non-hydrogen) atoms. The van der Waals surface area contributed by atoms with Gasteiger partial charge in [-0.1, -0.05) is 63.7 Å². The molecule has 0 bridgehead atoms. The minimum atomic E-state index is -0.182. The average Bonchev–Trinajstić information content (AvgIpc) is 3.31. The highest BCUT2D eigenvalue weighted by Gasteiger charge is 2.18. The van der Waals surface area contributed by atoms with Crippen LogP contribution in [0.2, 0.25) is 0 Å². The third-order valence-electron chi connectivity index (χ3n) is 4.42. The third-order valence-corrected chi connectivity index (χ3v) is 6.10. The summed E-state index contributed by atoms with van der Waals surface area (Å²) >= 11 is 4.82. The second kappa shape index (κ2) is 6.14. The molecule has 0 aliphatic heterocycles. The molecule has 132 valence electrons. The maximum absolute atomic E-state index is 12.7. The summed E-state index contributed by atoms with van der Waals surface area (Å²) in [6.07, 6.45) is 1.85. The van der Waals surface area contributed by atoms with Crippen molar-refractivity contribution in [3.8, 4) is 11.6 Å². The van der Waals surface area contributed by atoms with E-state index in [-0.39, 0.29) is 5.56 Å². The van der Waals surface area contributed by atoms with Crippen LogP contribution >= 0.6 is 27.3 Å². The summed E-state index contributed by atoms with van der Waals surface area (Å²) in [4.78, 5) is 17.8. The largest absolute Gasteiger partial charge is 0.452 e. The smallest absolute Gasteiger partial charge is 0.291 e. The van der Waals surface area contributed by atoms with Gasteiger partial charge in [0, 0.05) is 15.4 Å². The number of furan rings is 1. The number of benzene rings is 2. The van der Waals surface area contributed by atoms with Gasteiger partial charge in [-0.15, -0.1) is 5.10 Å². The van der Waals surface area contributed by atoms with Crippen LogP contribution in [0.25, 0.3) is 33.6 Å². The molecule has 0 amide bonds. The summed E-state index contributed by atoms with van der Waals surface area (Å²) in [6, 6.07) is 15.6. The molecule has 0 N–H and O–H groups in total. The molecule has 0 atom stereocenters. The van der Waals surface area contributed by atoms with Crippen molar-refractivity contribution in [2.45, 2.75) is 6.92 Å². The first kappa shape index (κ1) is 16.4. The van der Waals surface area contributed by atoms with Gasteiger partial charge in [-0.3, -0.25) is 4.79 Å². The summed E-state index contributed by atoms with van der Waals surface area (Å²) in [7, 11) is 0. The predicted molar refractivity (Wildman–Crippen MR) is 110 cm³/mol. The molecule has 3 aromatic heterocycles. The molecule has 0 aliphatic carbocycles. The Labute approximate surface area is 165 Å². The van der Waals surface area contributed by atoms with E-state index < -0.39 is 0 Å². The lowest BCUT2D eigenvalue weighted by atomic mass is 10.1. The Kier molecular flexibility index (Phi) is 3.73. The summed E-state index contributed by atoms with van der Waals surface area (Å²) in [6.45, 7) is 1.97. The topological polar surface area (TPSA) is 60.4 Å². The minimum Gasteiger partial charge on any atom is -0.452 e. The lowest BCUT2D eigenvalue weighted by Crippen LogP contribution is -2.23. The van der Waals surface area contributed by atoms with Crippen molar-refractivity contribution in [3.63, 3.8) is 0 Å². The second-order valence-electron chi connectivity index (χ2n) is 6.12. The Morgan fingerprint density at radius 2 is 1.93 bits per heavy atom. The Bertz CT molecular complexity index is 1430. The number of aromatic nitrogens is 3. The van der Waals surface area contributed by atoms with Gasteiger partial charge in [0.1, 0.15) is 5.58 Å². The molecule has 0 unspecified atom stereocenters. The van der Waals surface area contributed by atoms with E-state index in [0.29, 0.717) is 21.1 Å². The Morgan fingerprint density at radius 3 is 2.70 bits per heavy atom. The van der Waals surface area contributed by atoms with Crippen LogP contribution in [-0.2, 0) is 0 Å². The highest BCUT2D eigenvalue weighted by Crippen LogP contribution is 2.31.